The Morgan fingerprint density at radius 1 is 0.417 bits per heavy atom. The van der Waals surface area contributed by atoms with Crippen molar-refractivity contribution in [3.63, 3.8) is 0 Å². The minimum absolute atomic E-state index is 0.280. The van der Waals surface area contributed by atoms with E-state index in [-0.39, 0.29) is 6.42 Å². The summed E-state index contributed by atoms with van der Waals surface area (Å²) in [4.78, 5) is 10.4. The smallest absolute Gasteiger partial charge is 0.303 e. The van der Waals surface area contributed by atoms with Crippen LogP contribution in [0, 0.1) is 0 Å². The summed E-state index contributed by atoms with van der Waals surface area (Å²) in [6.07, 6.45) is 47.1. The largest absolute Gasteiger partial charge is 0.481 e. The van der Waals surface area contributed by atoms with Crippen LogP contribution in [0.5, 0.6) is 0 Å². The van der Waals surface area contributed by atoms with Crippen LogP contribution in [0.25, 0.3) is 0 Å². The lowest BCUT2D eigenvalue weighted by Gasteiger charge is -2.03. The van der Waals surface area contributed by atoms with Crippen molar-refractivity contribution in [2.75, 3.05) is 0 Å². The van der Waals surface area contributed by atoms with E-state index < -0.39 is 5.97 Å². The molecule has 0 aromatic rings. The van der Waals surface area contributed by atoms with Gasteiger partial charge in [0.2, 0.25) is 0 Å². The van der Waals surface area contributed by atoms with E-state index in [0.29, 0.717) is 0 Å². The summed E-state index contributed by atoms with van der Waals surface area (Å²) in [5.74, 6) is -0.694. The molecule has 0 atom stereocenters. The van der Waals surface area contributed by atoms with Crippen LogP contribution in [0.15, 0.2) is 36.5 Å². The van der Waals surface area contributed by atoms with Crippen molar-refractivity contribution in [2.24, 2.45) is 0 Å². The third-order valence-electron chi connectivity index (χ3n) is 6.98. The summed E-state index contributed by atoms with van der Waals surface area (Å²) in [7, 11) is 0. The highest BCUT2D eigenvalue weighted by molar-refractivity contribution is 5.66. The number of carboxylic acid groups (broad SMARTS) is 1. The lowest BCUT2D eigenvalue weighted by atomic mass is 10.0. The SMILES string of the molecule is CCCCCC/C=C/CCCCCCCCCCCCCCCC/C=C/CC/C=C/CCCC(=O)O. The molecule has 0 aliphatic carbocycles. The van der Waals surface area contributed by atoms with E-state index in [1.165, 1.54) is 135 Å². The summed E-state index contributed by atoms with van der Waals surface area (Å²) in [5, 5.41) is 8.59. The topological polar surface area (TPSA) is 37.3 Å². The van der Waals surface area contributed by atoms with Crippen molar-refractivity contribution in [3.8, 4) is 0 Å². The number of aliphatic carboxylic acids is 1. The third-order valence-corrected chi connectivity index (χ3v) is 6.98. The molecule has 0 saturated carbocycles. The summed E-state index contributed by atoms with van der Waals surface area (Å²) in [6.45, 7) is 2.28. The van der Waals surface area contributed by atoms with Gasteiger partial charge in [0.05, 0.1) is 0 Å². The van der Waals surface area contributed by atoms with E-state index in [0.717, 1.165) is 25.7 Å². The molecular formula is C34H62O2. The predicted molar refractivity (Wildman–Crippen MR) is 161 cm³/mol. The molecule has 210 valence electrons. The molecule has 0 aromatic carbocycles. The Labute approximate surface area is 226 Å². The molecule has 0 amide bonds. The van der Waals surface area contributed by atoms with Crippen LogP contribution in [-0.2, 0) is 4.79 Å². The van der Waals surface area contributed by atoms with Gasteiger partial charge in [0.1, 0.15) is 0 Å². The van der Waals surface area contributed by atoms with Crippen molar-refractivity contribution in [2.45, 2.75) is 174 Å². The van der Waals surface area contributed by atoms with Gasteiger partial charge in [0.15, 0.2) is 0 Å². The number of rotatable bonds is 29. The third kappa shape index (κ3) is 32.7. The maximum Gasteiger partial charge on any atom is 0.303 e. The van der Waals surface area contributed by atoms with Gasteiger partial charge in [0.25, 0.3) is 0 Å². The zero-order chi connectivity index (χ0) is 26.2. The van der Waals surface area contributed by atoms with Crippen LogP contribution in [0.3, 0.4) is 0 Å². The Balaban J connectivity index is 3.15. The lowest BCUT2D eigenvalue weighted by molar-refractivity contribution is -0.137. The fourth-order valence-corrected chi connectivity index (χ4v) is 4.61. The second kappa shape index (κ2) is 31.7. The van der Waals surface area contributed by atoms with E-state index >= 15 is 0 Å². The maximum atomic E-state index is 10.4. The number of hydrogen-bond donors (Lipinski definition) is 1. The predicted octanol–water partition coefficient (Wildman–Crippen LogP) is 11.9. The first kappa shape index (κ1) is 34.7. The van der Waals surface area contributed by atoms with Gasteiger partial charge in [-0.15, -0.1) is 0 Å². The molecule has 0 aliphatic rings. The maximum absolute atomic E-state index is 10.4. The second-order valence-electron chi connectivity index (χ2n) is 10.7. The number of carboxylic acids is 1. The first-order valence-electron chi connectivity index (χ1n) is 15.9. The van der Waals surface area contributed by atoms with Crippen molar-refractivity contribution in [1.82, 2.24) is 0 Å². The van der Waals surface area contributed by atoms with Gasteiger partial charge in [0, 0.05) is 6.42 Å². The molecule has 0 aliphatic heterocycles. The molecule has 1 N–H and O–H groups in total. The highest BCUT2D eigenvalue weighted by Gasteiger charge is 1.95. The quantitative estimate of drug-likeness (QED) is 0.0815. The number of hydrogen-bond acceptors (Lipinski definition) is 1. The molecule has 2 nitrogen and oxygen atoms in total. The first-order chi connectivity index (χ1) is 17.8. The van der Waals surface area contributed by atoms with Gasteiger partial charge in [-0.3, -0.25) is 4.79 Å². The number of allylic oxidation sites excluding steroid dienone is 6. The first-order valence-corrected chi connectivity index (χ1v) is 15.9. The molecule has 0 radical (unpaired) electrons. The van der Waals surface area contributed by atoms with Gasteiger partial charge in [-0.1, -0.05) is 140 Å². The Hall–Kier alpha value is -1.31. The van der Waals surface area contributed by atoms with Crippen molar-refractivity contribution < 1.29 is 9.90 Å². The molecule has 0 fully saturated rings. The van der Waals surface area contributed by atoms with E-state index in [1.54, 1.807) is 0 Å². The van der Waals surface area contributed by atoms with Crippen LogP contribution in [0.1, 0.15) is 174 Å². The zero-order valence-corrected chi connectivity index (χ0v) is 24.2. The van der Waals surface area contributed by atoms with Crippen molar-refractivity contribution in [3.05, 3.63) is 36.5 Å². The van der Waals surface area contributed by atoms with E-state index in [9.17, 15) is 4.79 Å². The standard InChI is InChI=1S/C34H62O2/c1-2-3-4-5-6-7-8-9-10-11-12-13-14-15-16-17-18-19-20-21-22-23-24-25-26-27-28-29-30-31-32-33-34(35)36/h7-8,25-26,29-30H,2-6,9-24,27-28,31-33H2,1H3,(H,35,36)/b8-7+,26-25+,30-29+. The van der Waals surface area contributed by atoms with E-state index in [1.807, 2.05) is 0 Å². The summed E-state index contributed by atoms with van der Waals surface area (Å²) >= 11 is 0. The van der Waals surface area contributed by atoms with Crippen LogP contribution in [-0.4, -0.2) is 11.1 Å². The fourth-order valence-electron chi connectivity index (χ4n) is 4.61. The Kier molecular flexibility index (Phi) is 30.6. The average molecular weight is 503 g/mol. The van der Waals surface area contributed by atoms with Gasteiger partial charge in [-0.05, 0) is 64.2 Å². The van der Waals surface area contributed by atoms with Crippen LogP contribution in [0.4, 0.5) is 0 Å². The lowest BCUT2D eigenvalue weighted by Crippen LogP contribution is -1.92. The minimum Gasteiger partial charge on any atom is -0.481 e. The zero-order valence-electron chi connectivity index (χ0n) is 24.2. The molecule has 2 heteroatoms. The van der Waals surface area contributed by atoms with Gasteiger partial charge < -0.3 is 5.11 Å². The molecular weight excluding hydrogens is 440 g/mol. The fraction of sp³-hybridized carbons (Fsp3) is 0.794. The molecule has 0 bridgehead atoms. The normalized spacial score (nSPS) is 12.0. The second-order valence-corrected chi connectivity index (χ2v) is 10.7. The van der Waals surface area contributed by atoms with Crippen LogP contribution < -0.4 is 0 Å². The highest BCUT2D eigenvalue weighted by Crippen LogP contribution is 2.14. The van der Waals surface area contributed by atoms with Gasteiger partial charge in [-0.2, -0.15) is 0 Å². The summed E-state index contributed by atoms with van der Waals surface area (Å²) < 4.78 is 0. The molecule has 0 aromatic heterocycles. The van der Waals surface area contributed by atoms with Gasteiger partial charge >= 0.3 is 5.97 Å². The molecule has 0 heterocycles. The Bertz CT molecular complexity index is 517. The van der Waals surface area contributed by atoms with Gasteiger partial charge in [-0.25, -0.2) is 0 Å². The number of unbranched alkanes of at least 4 members (excludes halogenated alkanes) is 21. The summed E-state index contributed by atoms with van der Waals surface area (Å²) in [6, 6.07) is 0. The highest BCUT2D eigenvalue weighted by atomic mass is 16.4. The van der Waals surface area contributed by atoms with Crippen molar-refractivity contribution in [1.29, 1.82) is 0 Å². The average Bonchev–Trinajstić information content (AvgIpc) is 2.87. The molecule has 0 unspecified atom stereocenters. The molecule has 0 rings (SSSR count). The Morgan fingerprint density at radius 2 is 0.694 bits per heavy atom. The number of carbonyl (C=O) groups is 1. The van der Waals surface area contributed by atoms with E-state index in [2.05, 4.69) is 43.4 Å². The van der Waals surface area contributed by atoms with E-state index in [4.69, 9.17) is 5.11 Å². The monoisotopic (exact) mass is 502 g/mol. The van der Waals surface area contributed by atoms with Crippen molar-refractivity contribution >= 4 is 5.97 Å². The van der Waals surface area contributed by atoms with Crippen LogP contribution in [0.2, 0.25) is 0 Å². The molecule has 0 saturated heterocycles. The molecule has 36 heavy (non-hydrogen) atoms. The van der Waals surface area contributed by atoms with Crippen LogP contribution >= 0.6 is 0 Å². The Morgan fingerprint density at radius 3 is 1.03 bits per heavy atom. The summed E-state index contributed by atoms with van der Waals surface area (Å²) in [5.41, 5.74) is 0. The minimum atomic E-state index is -0.694. The molecule has 0 spiro atoms.